The Bertz CT molecular complexity index is 3700. The Morgan fingerprint density at radius 3 is 1.91 bits per heavy atom. The third-order valence-corrected chi connectivity index (χ3v) is 14.4. The molecule has 7 heteroatoms. The molecule has 0 saturated carbocycles. The van der Waals surface area contributed by atoms with Gasteiger partial charge >= 0.3 is 0 Å². The second-order valence-corrected chi connectivity index (χ2v) is 22.3. The summed E-state index contributed by atoms with van der Waals surface area (Å²) in [7, 11) is 0. The summed E-state index contributed by atoms with van der Waals surface area (Å²) in [4.78, 5) is 9.47. The fourth-order valence-electron chi connectivity index (χ4n) is 10.6. The van der Waals surface area contributed by atoms with E-state index in [4.69, 9.17) is 9.72 Å². The number of halogens is 1. The van der Waals surface area contributed by atoms with Crippen molar-refractivity contribution in [1.29, 1.82) is 0 Å². The van der Waals surface area contributed by atoms with Crippen LogP contribution in [0.5, 0.6) is 11.5 Å². The van der Waals surface area contributed by atoms with Crippen LogP contribution < -0.4 is 14.5 Å². The van der Waals surface area contributed by atoms with Crippen LogP contribution in [0.25, 0.3) is 61.0 Å². The molecular weight excluding hydrogens is 1100 g/mol. The molecule has 0 amide bonds. The van der Waals surface area contributed by atoms with Crippen LogP contribution >= 0.6 is 0 Å². The van der Waals surface area contributed by atoms with Crippen molar-refractivity contribution in [3.63, 3.8) is 0 Å². The van der Waals surface area contributed by atoms with Gasteiger partial charge in [-0.05, 0) is 115 Å². The van der Waals surface area contributed by atoms with Gasteiger partial charge in [-0.2, -0.15) is 6.07 Å². The first kappa shape index (κ1) is 51.2. The summed E-state index contributed by atoms with van der Waals surface area (Å²) < 4.78 is 23.8. The number of nitrogens with zero attached hydrogens (tertiary/aromatic N) is 4. The van der Waals surface area contributed by atoms with Crippen LogP contribution in [0, 0.1) is 24.6 Å². The van der Waals surface area contributed by atoms with Crippen molar-refractivity contribution in [1.82, 2.24) is 9.55 Å². The molecule has 0 atom stereocenters. The smallest absolute Gasteiger partial charge is 0.135 e. The Morgan fingerprint density at radius 2 is 1.23 bits per heavy atom. The molecule has 75 heavy (non-hydrogen) atoms. The summed E-state index contributed by atoms with van der Waals surface area (Å²) in [6.45, 7) is 24.8. The van der Waals surface area contributed by atoms with Crippen LogP contribution in [-0.4, -0.2) is 9.55 Å². The van der Waals surface area contributed by atoms with E-state index in [0.717, 1.165) is 67.1 Å². The van der Waals surface area contributed by atoms with Crippen molar-refractivity contribution in [2.24, 2.45) is 0 Å². The van der Waals surface area contributed by atoms with Gasteiger partial charge in [-0.15, -0.1) is 53.6 Å². The van der Waals surface area contributed by atoms with Gasteiger partial charge in [0.05, 0.1) is 0 Å². The number of ether oxygens (including phenoxy) is 1. The van der Waals surface area contributed by atoms with E-state index in [9.17, 15) is 4.39 Å². The molecule has 0 fully saturated rings. The van der Waals surface area contributed by atoms with Gasteiger partial charge < -0.3 is 19.1 Å². The molecule has 8 aromatic carbocycles. The zero-order valence-electron chi connectivity index (χ0n) is 44.4. The molecule has 2 aromatic heterocycles. The summed E-state index contributed by atoms with van der Waals surface area (Å²) in [6.07, 6.45) is 1.90. The number of hydrogen-bond donors (Lipinski definition) is 0. The minimum Gasteiger partial charge on any atom is -0.509 e. The number of anilines is 4. The number of fused-ring (bicyclic) bond motifs is 4. The van der Waals surface area contributed by atoms with Gasteiger partial charge in [0.25, 0.3) is 0 Å². The standard InChI is InChI=1S/C68H62FN4O.Pt/c1-43(2)57-37-47(45-19-12-11-13-20-45)38-58(44(3)4)65(57)48-35-51(71-42-72(62-26-17-16-25-61(62)71)66-54(46-27-29-50(69)30-28-46)22-18-23-59(66)68(8,9)10)40-53(36-48)74-52-31-32-56-55-21-14-15-24-60(55)73(63(56)41-52)64-39-49(33-34-70-64)67(5,6)7;/h11-39,42-44H,1-10H3;/q-3;. The minimum absolute atomic E-state index is 0. The molecule has 0 spiro atoms. The van der Waals surface area contributed by atoms with Crippen LogP contribution in [0.4, 0.5) is 27.1 Å². The molecule has 1 aliphatic heterocycles. The number of benzene rings is 8. The minimum atomic E-state index is -0.265. The molecule has 0 bridgehead atoms. The summed E-state index contributed by atoms with van der Waals surface area (Å²) >= 11 is 0. The third-order valence-electron chi connectivity index (χ3n) is 14.4. The Hall–Kier alpha value is -7.27. The van der Waals surface area contributed by atoms with E-state index in [-0.39, 0.29) is 49.5 Å². The fraction of sp³-hybridized carbons (Fsp3) is 0.206. The molecule has 0 N–H and O–H groups in total. The zero-order chi connectivity index (χ0) is 51.6. The van der Waals surface area contributed by atoms with Gasteiger partial charge in [0, 0.05) is 66.9 Å². The van der Waals surface area contributed by atoms with Crippen molar-refractivity contribution in [2.45, 2.75) is 91.9 Å². The molecule has 3 heterocycles. The Morgan fingerprint density at radius 1 is 0.560 bits per heavy atom. The first-order chi connectivity index (χ1) is 35.5. The third kappa shape index (κ3) is 9.70. The van der Waals surface area contributed by atoms with E-state index in [0.29, 0.717) is 11.5 Å². The zero-order valence-corrected chi connectivity index (χ0v) is 46.6. The van der Waals surface area contributed by atoms with E-state index in [1.54, 1.807) is 0 Å². The summed E-state index contributed by atoms with van der Waals surface area (Å²) in [5.74, 6) is 2.11. The van der Waals surface area contributed by atoms with Gasteiger partial charge in [-0.3, -0.25) is 0 Å². The van der Waals surface area contributed by atoms with E-state index in [2.05, 4.69) is 242 Å². The first-order valence-electron chi connectivity index (χ1n) is 25.8. The van der Waals surface area contributed by atoms with Gasteiger partial charge in [-0.25, -0.2) is 9.37 Å². The van der Waals surface area contributed by atoms with E-state index in [1.165, 1.54) is 51.1 Å². The topological polar surface area (TPSA) is 33.5 Å². The molecule has 11 rings (SSSR count). The van der Waals surface area contributed by atoms with Crippen LogP contribution in [0.2, 0.25) is 0 Å². The van der Waals surface area contributed by atoms with Gasteiger partial charge in [0.1, 0.15) is 11.6 Å². The van der Waals surface area contributed by atoms with E-state index >= 15 is 0 Å². The quantitative estimate of drug-likeness (QED) is 0.128. The average Bonchev–Trinajstić information content (AvgIpc) is 3.98. The number of para-hydroxylation sites is 4. The van der Waals surface area contributed by atoms with E-state index < -0.39 is 0 Å². The van der Waals surface area contributed by atoms with Crippen LogP contribution in [0.15, 0.2) is 176 Å². The van der Waals surface area contributed by atoms with Crippen molar-refractivity contribution < 1.29 is 30.2 Å². The molecule has 0 radical (unpaired) electrons. The van der Waals surface area contributed by atoms with Crippen molar-refractivity contribution in [2.75, 3.05) is 9.80 Å². The Balaban J connectivity index is 0.00000641. The number of rotatable bonds is 10. The monoisotopic (exact) mass is 1160 g/mol. The second kappa shape index (κ2) is 20.1. The molecule has 0 unspecified atom stereocenters. The predicted molar refractivity (Wildman–Crippen MR) is 306 cm³/mol. The molecule has 1 aliphatic rings. The second-order valence-electron chi connectivity index (χ2n) is 22.3. The van der Waals surface area contributed by atoms with Gasteiger partial charge in [0.2, 0.25) is 0 Å². The van der Waals surface area contributed by atoms with Crippen molar-refractivity contribution in [3.8, 4) is 50.7 Å². The van der Waals surface area contributed by atoms with E-state index in [1.807, 2.05) is 24.4 Å². The molecule has 0 saturated heterocycles. The maximum absolute atomic E-state index is 14.5. The van der Waals surface area contributed by atoms with Crippen LogP contribution in [0.3, 0.4) is 0 Å². The van der Waals surface area contributed by atoms with Crippen molar-refractivity contribution in [3.05, 3.63) is 223 Å². The molecule has 380 valence electrons. The number of aromatic nitrogens is 2. The molecule has 5 nitrogen and oxygen atoms in total. The Labute approximate surface area is 456 Å². The normalized spacial score (nSPS) is 12.8. The Kier molecular flexibility index (Phi) is 13.7. The number of pyridine rings is 1. The summed E-state index contributed by atoms with van der Waals surface area (Å²) in [6, 6.07) is 66.1. The maximum atomic E-state index is 14.5. The molecular formula is C68H62FN4OPt-3. The van der Waals surface area contributed by atoms with Gasteiger partial charge in [0.15, 0.2) is 0 Å². The van der Waals surface area contributed by atoms with Crippen LogP contribution in [-0.2, 0) is 31.9 Å². The van der Waals surface area contributed by atoms with Gasteiger partial charge in [-0.1, -0.05) is 178 Å². The average molecular weight is 1170 g/mol. The van der Waals surface area contributed by atoms with Crippen LogP contribution in [0.1, 0.15) is 103 Å². The largest absolute Gasteiger partial charge is 0.509 e. The van der Waals surface area contributed by atoms with Crippen molar-refractivity contribution >= 4 is 44.6 Å². The fourth-order valence-corrected chi connectivity index (χ4v) is 10.6. The summed E-state index contributed by atoms with van der Waals surface area (Å²) in [5.41, 5.74) is 17.0. The SMILES string of the molecule is CC(C)c1cc(-c2ccccc2)cc(C(C)C)c1-c1cc(Oc2[c-]c3c(cc2)c2ccccc2n3-c2cc(C(C)(C)C)ccn2)[c-]c(N2[CH-]N(c3c(-c4ccc(F)cc4)cccc3C(C)(C)C)c3ccccc32)c1.[Pt]. The molecule has 10 aromatic rings. The maximum Gasteiger partial charge on any atom is 0.135 e. The summed E-state index contributed by atoms with van der Waals surface area (Å²) in [5, 5.41) is 2.18. The molecule has 0 aliphatic carbocycles. The predicted octanol–water partition coefficient (Wildman–Crippen LogP) is 19.0. The number of hydrogen-bond acceptors (Lipinski definition) is 4. The first-order valence-corrected chi connectivity index (χ1v) is 25.8.